The van der Waals surface area contributed by atoms with E-state index in [1.807, 2.05) is 0 Å². The highest BCUT2D eigenvalue weighted by Gasteiger charge is 2.37. The predicted molar refractivity (Wildman–Crippen MR) is 83.0 cm³/mol. The fraction of sp³-hybridized carbons (Fsp3) is 0.471. The molecule has 0 saturated carbocycles. The van der Waals surface area contributed by atoms with E-state index in [4.69, 9.17) is 4.74 Å². The highest BCUT2D eigenvalue weighted by atomic mass is 16.5. The molecule has 1 aromatic carbocycles. The Morgan fingerprint density at radius 1 is 1.13 bits per heavy atom. The third-order valence-corrected chi connectivity index (χ3v) is 4.52. The fourth-order valence-electron chi connectivity index (χ4n) is 3.27. The smallest absolute Gasteiger partial charge is 0.253 e. The van der Waals surface area contributed by atoms with Crippen molar-refractivity contribution < 1.29 is 19.1 Å². The lowest BCUT2D eigenvalue weighted by atomic mass is 10.0. The Bertz CT molecular complexity index is 619. The predicted octanol–water partition coefficient (Wildman–Crippen LogP) is 1.45. The lowest BCUT2D eigenvalue weighted by molar-refractivity contribution is -0.141. The number of hydrogen-bond donors (Lipinski definition) is 0. The Balaban J connectivity index is 1.63. The van der Waals surface area contributed by atoms with Crippen molar-refractivity contribution in [3.05, 3.63) is 29.8 Å². The van der Waals surface area contributed by atoms with Crippen LogP contribution in [0.5, 0.6) is 5.75 Å². The first kappa shape index (κ1) is 15.5. The standard InChI is InChI=1S/C17H20N2O4/c1-23-14-4-2-3-12(11-14)17(22)18-9-7-13(8-10-18)19-15(20)5-6-16(19)21/h2-4,11,13H,5-10H2,1H3. The van der Waals surface area contributed by atoms with E-state index < -0.39 is 0 Å². The van der Waals surface area contributed by atoms with E-state index >= 15 is 0 Å². The maximum atomic E-state index is 12.5. The molecule has 2 aliphatic heterocycles. The third kappa shape index (κ3) is 3.06. The number of benzene rings is 1. The van der Waals surface area contributed by atoms with Crippen LogP contribution in [-0.4, -0.2) is 53.8 Å². The van der Waals surface area contributed by atoms with E-state index in [9.17, 15) is 14.4 Å². The molecule has 3 amide bonds. The Morgan fingerprint density at radius 2 is 1.78 bits per heavy atom. The molecule has 2 saturated heterocycles. The summed E-state index contributed by atoms with van der Waals surface area (Å²) < 4.78 is 5.15. The van der Waals surface area contributed by atoms with Gasteiger partial charge in [-0.15, -0.1) is 0 Å². The van der Waals surface area contributed by atoms with Gasteiger partial charge < -0.3 is 9.64 Å². The van der Waals surface area contributed by atoms with Gasteiger partial charge >= 0.3 is 0 Å². The summed E-state index contributed by atoms with van der Waals surface area (Å²) in [5.74, 6) is 0.459. The zero-order valence-electron chi connectivity index (χ0n) is 13.2. The molecule has 122 valence electrons. The van der Waals surface area contributed by atoms with Crippen LogP contribution in [-0.2, 0) is 9.59 Å². The van der Waals surface area contributed by atoms with Crippen molar-refractivity contribution in [2.45, 2.75) is 31.7 Å². The van der Waals surface area contributed by atoms with Gasteiger partial charge in [0, 0.05) is 37.5 Å². The first-order valence-corrected chi connectivity index (χ1v) is 7.88. The molecule has 0 aliphatic carbocycles. The van der Waals surface area contributed by atoms with Gasteiger partial charge in [0.15, 0.2) is 0 Å². The van der Waals surface area contributed by atoms with Crippen molar-refractivity contribution in [3.8, 4) is 5.75 Å². The van der Waals surface area contributed by atoms with Crippen LogP contribution in [0.4, 0.5) is 0 Å². The number of carbonyl (C=O) groups is 3. The molecule has 0 N–H and O–H groups in total. The number of amides is 3. The number of rotatable bonds is 3. The summed E-state index contributed by atoms with van der Waals surface area (Å²) in [6, 6.07) is 7.02. The molecule has 0 bridgehead atoms. The van der Waals surface area contributed by atoms with Crippen LogP contribution in [0.1, 0.15) is 36.0 Å². The van der Waals surface area contributed by atoms with Crippen LogP contribution in [0.15, 0.2) is 24.3 Å². The van der Waals surface area contributed by atoms with Gasteiger partial charge in [-0.05, 0) is 31.0 Å². The van der Waals surface area contributed by atoms with Gasteiger partial charge in [0.2, 0.25) is 11.8 Å². The second-order valence-electron chi connectivity index (χ2n) is 5.91. The van der Waals surface area contributed by atoms with E-state index in [-0.39, 0.29) is 23.8 Å². The van der Waals surface area contributed by atoms with Crippen molar-refractivity contribution in [1.29, 1.82) is 0 Å². The molecule has 0 aromatic heterocycles. The van der Waals surface area contributed by atoms with Crippen molar-refractivity contribution in [2.24, 2.45) is 0 Å². The number of hydrogen-bond acceptors (Lipinski definition) is 4. The molecule has 0 spiro atoms. The number of carbonyl (C=O) groups excluding carboxylic acids is 3. The summed E-state index contributed by atoms with van der Waals surface area (Å²) in [7, 11) is 1.57. The molecule has 0 unspecified atom stereocenters. The summed E-state index contributed by atoms with van der Waals surface area (Å²) in [6.07, 6.45) is 1.93. The third-order valence-electron chi connectivity index (χ3n) is 4.52. The average Bonchev–Trinajstić information content (AvgIpc) is 2.93. The van der Waals surface area contributed by atoms with Gasteiger partial charge in [-0.25, -0.2) is 0 Å². The van der Waals surface area contributed by atoms with Crippen LogP contribution >= 0.6 is 0 Å². The highest BCUT2D eigenvalue weighted by molar-refractivity contribution is 6.02. The van der Waals surface area contributed by atoms with Crippen LogP contribution in [0.2, 0.25) is 0 Å². The summed E-state index contributed by atoms with van der Waals surface area (Å²) in [5, 5.41) is 0. The van der Waals surface area contributed by atoms with E-state index in [1.165, 1.54) is 4.90 Å². The van der Waals surface area contributed by atoms with Crippen LogP contribution in [0.3, 0.4) is 0 Å². The maximum absolute atomic E-state index is 12.5. The van der Waals surface area contributed by atoms with E-state index in [1.54, 1.807) is 36.3 Å². The van der Waals surface area contributed by atoms with Crippen molar-refractivity contribution in [3.63, 3.8) is 0 Å². The summed E-state index contributed by atoms with van der Waals surface area (Å²) >= 11 is 0. The van der Waals surface area contributed by atoms with E-state index in [2.05, 4.69) is 0 Å². The lowest BCUT2D eigenvalue weighted by Gasteiger charge is -2.35. The second kappa shape index (κ2) is 6.40. The molecule has 2 aliphatic rings. The molecule has 2 heterocycles. The van der Waals surface area contributed by atoms with Gasteiger partial charge in [0.1, 0.15) is 5.75 Å². The molecule has 1 aromatic rings. The molecular weight excluding hydrogens is 296 g/mol. The zero-order chi connectivity index (χ0) is 16.4. The minimum Gasteiger partial charge on any atom is -0.497 e. The first-order chi connectivity index (χ1) is 11.1. The number of likely N-dealkylation sites (tertiary alicyclic amines) is 2. The van der Waals surface area contributed by atoms with Crippen molar-refractivity contribution in [2.75, 3.05) is 20.2 Å². The SMILES string of the molecule is COc1cccc(C(=O)N2CCC(N3C(=O)CCC3=O)CC2)c1. The molecule has 23 heavy (non-hydrogen) atoms. The Morgan fingerprint density at radius 3 is 2.39 bits per heavy atom. The van der Waals surface area contributed by atoms with Gasteiger partial charge in [0.05, 0.1) is 7.11 Å². The monoisotopic (exact) mass is 316 g/mol. The summed E-state index contributed by atoms with van der Waals surface area (Å²) in [4.78, 5) is 39.3. The topological polar surface area (TPSA) is 66.9 Å². The molecular formula is C17H20N2O4. The largest absolute Gasteiger partial charge is 0.497 e. The van der Waals surface area contributed by atoms with Crippen LogP contribution in [0, 0.1) is 0 Å². The summed E-state index contributed by atoms with van der Waals surface area (Å²) in [6.45, 7) is 1.11. The van der Waals surface area contributed by atoms with Crippen LogP contribution < -0.4 is 4.74 Å². The molecule has 6 nitrogen and oxygen atoms in total. The minimum atomic E-state index is -0.0763. The van der Waals surface area contributed by atoms with Gasteiger partial charge in [-0.2, -0.15) is 0 Å². The van der Waals surface area contributed by atoms with E-state index in [0.29, 0.717) is 50.1 Å². The normalized spacial score (nSPS) is 19.3. The number of ether oxygens (including phenoxy) is 1. The van der Waals surface area contributed by atoms with Crippen molar-refractivity contribution >= 4 is 17.7 Å². The number of piperidine rings is 1. The van der Waals surface area contributed by atoms with E-state index in [0.717, 1.165) is 0 Å². The van der Waals surface area contributed by atoms with Crippen LogP contribution in [0.25, 0.3) is 0 Å². The highest BCUT2D eigenvalue weighted by Crippen LogP contribution is 2.24. The molecule has 0 atom stereocenters. The Hall–Kier alpha value is -2.37. The minimum absolute atomic E-state index is 0.0403. The van der Waals surface area contributed by atoms with Gasteiger partial charge in [0.25, 0.3) is 5.91 Å². The molecule has 6 heteroatoms. The molecule has 0 radical (unpaired) electrons. The Kier molecular flexibility index (Phi) is 4.32. The lowest BCUT2D eigenvalue weighted by Crippen LogP contribution is -2.48. The Labute approximate surface area is 135 Å². The second-order valence-corrected chi connectivity index (χ2v) is 5.91. The van der Waals surface area contributed by atoms with Crippen molar-refractivity contribution in [1.82, 2.24) is 9.80 Å². The van der Waals surface area contributed by atoms with Gasteiger partial charge in [-0.3, -0.25) is 19.3 Å². The zero-order valence-corrected chi connectivity index (χ0v) is 13.2. The maximum Gasteiger partial charge on any atom is 0.253 e. The number of imide groups is 1. The van der Waals surface area contributed by atoms with Gasteiger partial charge in [-0.1, -0.05) is 6.07 Å². The number of nitrogens with zero attached hydrogens (tertiary/aromatic N) is 2. The molecule has 2 fully saturated rings. The first-order valence-electron chi connectivity index (χ1n) is 7.88. The fourth-order valence-corrected chi connectivity index (χ4v) is 3.27. The average molecular weight is 316 g/mol. The number of methoxy groups -OCH3 is 1. The quantitative estimate of drug-likeness (QED) is 0.792. The summed E-state index contributed by atoms with van der Waals surface area (Å²) in [5.41, 5.74) is 0.594. The molecule has 3 rings (SSSR count).